The summed E-state index contributed by atoms with van der Waals surface area (Å²) in [6.45, 7) is 3.20. The molecule has 1 atom stereocenters. The molecule has 8 heteroatoms. The zero-order valence-corrected chi connectivity index (χ0v) is 21.2. The second-order valence-electron chi connectivity index (χ2n) is 10.2. The molecule has 1 aliphatic heterocycles. The van der Waals surface area contributed by atoms with Crippen LogP contribution >= 0.6 is 0 Å². The summed E-state index contributed by atoms with van der Waals surface area (Å²) >= 11 is 0. The predicted molar refractivity (Wildman–Crippen MR) is 141 cm³/mol. The van der Waals surface area contributed by atoms with Crippen molar-refractivity contribution < 1.29 is 18.7 Å². The summed E-state index contributed by atoms with van der Waals surface area (Å²) in [6, 6.07) is 9.18. The number of nitrogens with one attached hydrogen (secondary N) is 1. The van der Waals surface area contributed by atoms with Crippen LogP contribution < -0.4 is 4.90 Å². The molecular formula is C29H32F2N4O2. The molecule has 0 bridgehead atoms. The van der Waals surface area contributed by atoms with Crippen molar-refractivity contribution in [2.75, 3.05) is 4.90 Å². The molecule has 2 N–H and O–H groups in total. The predicted octanol–water partition coefficient (Wildman–Crippen LogP) is 7.41. The summed E-state index contributed by atoms with van der Waals surface area (Å²) in [5, 5.41) is 18.3. The van der Waals surface area contributed by atoms with Gasteiger partial charge in [-0.15, -0.1) is 0 Å². The van der Waals surface area contributed by atoms with Crippen molar-refractivity contribution >= 4 is 33.9 Å². The third-order valence-electron chi connectivity index (χ3n) is 7.61. The van der Waals surface area contributed by atoms with E-state index in [2.05, 4.69) is 4.57 Å². The molecule has 2 heterocycles. The number of aliphatic hydroxyl groups excluding tert-OH is 1. The van der Waals surface area contributed by atoms with Crippen LogP contribution in [0.5, 0.6) is 0 Å². The van der Waals surface area contributed by atoms with E-state index in [9.17, 15) is 18.7 Å². The zero-order valence-electron chi connectivity index (χ0n) is 21.2. The number of fused-ring (bicyclic) bond motifs is 1. The second-order valence-corrected chi connectivity index (χ2v) is 10.2. The summed E-state index contributed by atoms with van der Waals surface area (Å²) in [5.74, 6) is -1.25. The van der Waals surface area contributed by atoms with Crippen LogP contribution in [0.25, 0.3) is 16.6 Å². The molecule has 1 unspecified atom stereocenters. The molecule has 1 amide bonds. The maximum absolute atomic E-state index is 14.2. The van der Waals surface area contributed by atoms with Crippen molar-refractivity contribution in [2.45, 2.75) is 77.3 Å². The van der Waals surface area contributed by atoms with Gasteiger partial charge in [0.2, 0.25) is 5.91 Å². The molecule has 2 fully saturated rings. The average molecular weight is 507 g/mol. The Labute approximate surface area is 215 Å². The first-order chi connectivity index (χ1) is 17.8. The third kappa shape index (κ3) is 4.65. The van der Waals surface area contributed by atoms with E-state index >= 15 is 0 Å². The fraction of sp³-hybridized carbons (Fsp3) is 0.414. The number of piperidine rings is 1. The number of carbonyl (C=O) groups excluding carboxylic acids is 1. The molecule has 5 rings (SSSR count). The van der Waals surface area contributed by atoms with E-state index in [1.165, 1.54) is 12.5 Å². The number of anilines is 1. The van der Waals surface area contributed by atoms with Gasteiger partial charge in [-0.1, -0.05) is 25.3 Å². The monoisotopic (exact) mass is 506 g/mol. The van der Waals surface area contributed by atoms with Gasteiger partial charge >= 0.3 is 0 Å². The Morgan fingerprint density at radius 3 is 2.43 bits per heavy atom. The first-order valence-electron chi connectivity index (χ1n) is 13.0. The summed E-state index contributed by atoms with van der Waals surface area (Å²) in [5.41, 5.74) is 3.42. The summed E-state index contributed by atoms with van der Waals surface area (Å²) in [7, 11) is 0. The number of imidazole rings is 1. The van der Waals surface area contributed by atoms with E-state index in [-0.39, 0.29) is 23.4 Å². The number of allylic oxidation sites excluding steroid dienone is 2. The van der Waals surface area contributed by atoms with E-state index in [1.54, 1.807) is 18.7 Å². The topological polar surface area (TPSA) is 82.2 Å². The van der Waals surface area contributed by atoms with Gasteiger partial charge in [0.25, 0.3) is 0 Å². The van der Waals surface area contributed by atoms with Crippen LogP contribution in [0, 0.1) is 17.0 Å². The van der Waals surface area contributed by atoms with Gasteiger partial charge in [-0.05, 0) is 69.4 Å². The second kappa shape index (κ2) is 10.1. The molecule has 2 aromatic carbocycles. The summed E-state index contributed by atoms with van der Waals surface area (Å²) < 4.78 is 30.2. The lowest BCUT2D eigenvalue weighted by molar-refractivity contribution is -0.120. The lowest BCUT2D eigenvalue weighted by Gasteiger charge is -2.37. The molecule has 6 nitrogen and oxygen atoms in total. The van der Waals surface area contributed by atoms with Crippen molar-refractivity contribution in [3.63, 3.8) is 0 Å². The van der Waals surface area contributed by atoms with Gasteiger partial charge in [0.05, 0.1) is 22.8 Å². The summed E-state index contributed by atoms with van der Waals surface area (Å²) in [6.07, 6.45) is 7.11. The lowest BCUT2D eigenvalue weighted by Crippen LogP contribution is -2.40. The smallest absolute Gasteiger partial charge is 0.227 e. The Kier molecular flexibility index (Phi) is 6.84. The number of amides is 1. The molecule has 2 aliphatic rings. The van der Waals surface area contributed by atoms with Crippen LogP contribution in [0.4, 0.5) is 14.5 Å². The fourth-order valence-corrected chi connectivity index (χ4v) is 6.00. The molecule has 1 aromatic heterocycles. The molecule has 0 spiro atoms. The SMILES string of the molecule is CC(=N)/C(=C(/C)O)c1ccc2c(c1)nc(C1CCCC(=O)N1c1ccc(F)c(F)c1)n2C1CCCCC1. The van der Waals surface area contributed by atoms with Gasteiger partial charge in [0.15, 0.2) is 11.6 Å². The van der Waals surface area contributed by atoms with E-state index in [4.69, 9.17) is 10.4 Å². The number of hydrogen-bond acceptors (Lipinski definition) is 4. The molecule has 194 valence electrons. The van der Waals surface area contributed by atoms with E-state index in [0.29, 0.717) is 36.1 Å². The van der Waals surface area contributed by atoms with Gasteiger partial charge in [0.1, 0.15) is 5.82 Å². The highest BCUT2D eigenvalue weighted by atomic mass is 19.2. The van der Waals surface area contributed by atoms with Crippen LogP contribution in [0.3, 0.4) is 0 Å². The van der Waals surface area contributed by atoms with Crippen molar-refractivity contribution in [1.82, 2.24) is 9.55 Å². The van der Waals surface area contributed by atoms with Crippen molar-refractivity contribution in [3.05, 3.63) is 65.2 Å². The Morgan fingerprint density at radius 1 is 1.00 bits per heavy atom. The Morgan fingerprint density at radius 2 is 1.76 bits per heavy atom. The molecule has 0 radical (unpaired) electrons. The largest absolute Gasteiger partial charge is 0.512 e. The molecule has 1 saturated heterocycles. The maximum atomic E-state index is 14.2. The number of aromatic nitrogens is 2. The van der Waals surface area contributed by atoms with Crippen LogP contribution in [0.1, 0.15) is 88.7 Å². The van der Waals surface area contributed by atoms with E-state index in [0.717, 1.165) is 54.7 Å². The lowest BCUT2D eigenvalue weighted by atomic mass is 9.93. The fourth-order valence-electron chi connectivity index (χ4n) is 6.00. The molecule has 1 aliphatic carbocycles. The highest BCUT2D eigenvalue weighted by molar-refractivity contribution is 6.22. The van der Waals surface area contributed by atoms with Gasteiger partial charge < -0.3 is 20.0 Å². The van der Waals surface area contributed by atoms with Crippen LogP contribution in [-0.2, 0) is 4.79 Å². The van der Waals surface area contributed by atoms with Crippen molar-refractivity contribution in [1.29, 1.82) is 5.41 Å². The zero-order chi connectivity index (χ0) is 26.3. The van der Waals surface area contributed by atoms with Crippen molar-refractivity contribution in [3.8, 4) is 0 Å². The highest BCUT2D eigenvalue weighted by Gasteiger charge is 2.36. The number of aliphatic hydroxyl groups is 1. The number of hydrogen-bond donors (Lipinski definition) is 2. The molecule has 3 aromatic rings. The first-order valence-corrected chi connectivity index (χ1v) is 13.0. The molecular weight excluding hydrogens is 474 g/mol. The molecule has 37 heavy (non-hydrogen) atoms. The Balaban J connectivity index is 1.69. The standard InChI is InChI=1S/C29H32F2N4O2/c1-17(32)28(18(2)36)19-11-14-25-24(15-19)33-29(35(25)20-7-4-3-5-8-20)26-9-6-10-27(37)34(26)21-12-13-22(30)23(31)16-21/h11-16,20,26,32,36H,3-10H2,1-2H3/b28-18+,32-17?. The molecule has 1 saturated carbocycles. The minimum atomic E-state index is -0.985. The third-order valence-corrected chi connectivity index (χ3v) is 7.61. The first kappa shape index (κ1) is 25.1. The Hall–Kier alpha value is -3.55. The maximum Gasteiger partial charge on any atom is 0.227 e. The highest BCUT2D eigenvalue weighted by Crippen LogP contribution is 2.41. The number of benzene rings is 2. The van der Waals surface area contributed by atoms with Gasteiger partial charge in [-0.3, -0.25) is 4.79 Å². The van der Waals surface area contributed by atoms with E-state index < -0.39 is 17.7 Å². The summed E-state index contributed by atoms with van der Waals surface area (Å²) in [4.78, 5) is 19.8. The van der Waals surface area contributed by atoms with Crippen LogP contribution in [0.15, 0.2) is 42.2 Å². The average Bonchev–Trinajstić information content (AvgIpc) is 3.24. The minimum Gasteiger partial charge on any atom is -0.512 e. The number of carbonyl (C=O) groups is 1. The van der Waals surface area contributed by atoms with Gasteiger partial charge in [-0.2, -0.15) is 0 Å². The van der Waals surface area contributed by atoms with Crippen LogP contribution in [0.2, 0.25) is 0 Å². The number of nitrogens with zero attached hydrogens (tertiary/aromatic N) is 3. The number of halogens is 2. The van der Waals surface area contributed by atoms with Crippen LogP contribution in [-0.4, -0.2) is 26.3 Å². The number of rotatable bonds is 5. The van der Waals surface area contributed by atoms with Crippen molar-refractivity contribution in [2.24, 2.45) is 0 Å². The van der Waals surface area contributed by atoms with Gasteiger partial charge in [0, 0.05) is 35.5 Å². The van der Waals surface area contributed by atoms with Gasteiger partial charge in [-0.25, -0.2) is 13.8 Å². The normalized spacial score (nSPS) is 19.8. The Bertz CT molecular complexity index is 1400. The minimum absolute atomic E-state index is 0.0705. The quantitative estimate of drug-likeness (QED) is 0.279. The van der Waals surface area contributed by atoms with E-state index in [1.807, 2.05) is 18.2 Å².